The first kappa shape index (κ1) is 12.2. The molecule has 3 nitrogen and oxygen atoms in total. The van der Waals surface area contributed by atoms with E-state index in [1.165, 1.54) is 11.0 Å². The molecule has 15 heavy (non-hydrogen) atoms. The molecule has 0 unspecified atom stereocenters. The lowest BCUT2D eigenvalue weighted by molar-refractivity contribution is 0.224. The third-order valence-electron chi connectivity index (χ3n) is 2.01. The topological polar surface area (TPSA) is 32.3 Å². The molecule has 0 aliphatic carbocycles. The van der Waals surface area contributed by atoms with Crippen molar-refractivity contribution in [1.29, 1.82) is 0 Å². The van der Waals surface area contributed by atoms with Crippen molar-refractivity contribution >= 4 is 34.3 Å². The molecule has 1 aromatic rings. The number of rotatable bonds is 2. The zero-order valence-electron chi connectivity index (χ0n) is 8.55. The SMILES string of the molecule is CCN(C)C(=O)Nc1cccc(F)c1I. The maximum atomic E-state index is 13.1. The van der Waals surface area contributed by atoms with Crippen LogP contribution in [0.15, 0.2) is 18.2 Å². The summed E-state index contributed by atoms with van der Waals surface area (Å²) in [5.74, 6) is -0.326. The number of halogens is 2. The van der Waals surface area contributed by atoms with E-state index >= 15 is 0 Å². The summed E-state index contributed by atoms with van der Waals surface area (Å²) in [5, 5.41) is 2.64. The van der Waals surface area contributed by atoms with E-state index in [1.807, 2.05) is 29.5 Å². The number of nitrogens with zero attached hydrogens (tertiary/aromatic N) is 1. The van der Waals surface area contributed by atoms with Gasteiger partial charge < -0.3 is 10.2 Å². The summed E-state index contributed by atoms with van der Waals surface area (Å²) in [6.45, 7) is 2.48. The van der Waals surface area contributed by atoms with E-state index in [-0.39, 0.29) is 11.8 Å². The van der Waals surface area contributed by atoms with Crippen molar-refractivity contribution in [3.63, 3.8) is 0 Å². The van der Waals surface area contributed by atoms with Gasteiger partial charge in [0.15, 0.2) is 0 Å². The number of benzene rings is 1. The molecule has 2 amide bonds. The number of carbonyl (C=O) groups is 1. The molecule has 0 aromatic heterocycles. The Hall–Kier alpha value is -0.850. The molecule has 0 radical (unpaired) electrons. The van der Waals surface area contributed by atoms with Gasteiger partial charge in [0.2, 0.25) is 0 Å². The highest BCUT2D eigenvalue weighted by molar-refractivity contribution is 14.1. The Morgan fingerprint density at radius 2 is 2.27 bits per heavy atom. The van der Waals surface area contributed by atoms with Crippen LogP contribution >= 0.6 is 22.6 Å². The van der Waals surface area contributed by atoms with Gasteiger partial charge in [-0.1, -0.05) is 6.07 Å². The van der Waals surface area contributed by atoms with Crippen LogP contribution in [0.5, 0.6) is 0 Å². The Morgan fingerprint density at radius 3 is 2.87 bits per heavy atom. The number of carbonyl (C=O) groups excluding carboxylic acids is 1. The molecule has 1 rings (SSSR count). The Kier molecular flexibility index (Phi) is 4.31. The Labute approximate surface area is 102 Å². The van der Waals surface area contributed by atoms with E-state index in [4.69, 9.17) is 0 Å². The first-order valence-electron chi connectivity index (χ1n) is 4.52. The predicted molar refractivity (Wildman–Crippen MR) is 66.4 cm³/mol. The molecule has 0 aliphatic heterocycles. The highest BCUT2D eigenvalue weighted by atomic mass is 127. The Balaban J connectivity index is 2.81. The number of urea groups is 1. The van der Waals surface area contributed by atoms with E-state index in [9.17, 15) is 9.18 Å². The van der Waals surface area contributed by atoms with E-state index < -0.39 is 0 Å². The van der Waals surface area contributed by atoms with Gasteiger partial charge in [0.25, 0.3) is 0 Å². The Bertz CT molecular complexity index is 370. The van der Waals surface area contributed by atoms with Crippen LogP contribution in [0.2, 0.25) is 0 Å². The molecule has 5 heteroatoms. The maximum absolute atomic E-state index is 13.1. The summed E-state index contributed by atoms with van der Waals surface area (Å²) in [4.78, 5) is 13.0. The second-order valence-electron chi connectivity index (χ2n) is 3.05. The normalized spacial score (nSPS) is 9.87. The fourth-order valence-corrected chi connectivity index (χ4v) is 1.45. The molecule has 1 N–H and O–H groups in total. The zero-order valence-corrected chi connectivity index (χ0v) is 10.7. The van der Waals surface area contributed by atoms with Crippen LogP contribution < -0.4 is 5.32 Å². The summed E-state index contributed by atoms with van der Waals surface area (Å²) >= 11 is 1.87. The molecule has 0 aliphatic rings. The molecule has 0 spiro atoms. The number of nitrogens with one attached hydrogen (secondary N) is 1. The standard InChI is InChI=1S/C10H12FIN2O/c1-3-14(2)10(15)13-8-6-4-5-7(11)9(8)12/h4-6H,3H2,1-2H3,(H,13,15). The lowest BCUT2D eigenvalue weighted by Gasteiger charge is -2.16. The highest BCUT2D eigenvalue weighted by Crippen LogP contribution is 2.20. The predicted octanol–water partition coefficient (Wildman–Crippen LogP) is 2.91. The van der Waals surface area contributed by atoms with Gasteiger partial charge in [-0.15, -0.1) is 0 Å². The van der Waals surface area contributed by atoms with Crippen LogP contribution in [0.1, 0.15) is 6.92 Å². The molecular formula is C10H12FIN2O. The van der Waals surface area contributed by atoms with Gasteiger partial charge in [-0.2, -0.15) is 0 Å². The summed E-state index contributed by atoms with van der Waals surface area (Å²) in [6, 6.07) is 4.37. The lowest BCUT2D eigenvalue weighted by Crippen LogP contribution is -2.31. The third kappa shape index (κ3) is 3.05. The van der Waals surface area contributed by atoms with E-state index in [1.54, 1.807) is 19.2 Å². The molecule has 0 heterocycles. The molecule has 0 atom stereocenters. The minimum absolute atomic E-state index is 0.235. The molecule has 1 aromatic carbocycles. The number of amides is 2. The average molecular weight is 322 g/mol. The summed E-state index contributed by atoms with van der Waals surface area (Å²) < 4.78 is 13.6. The van der Waals surface area contributed by atoms with Crippen LogP contribution in [0, 0.1) is 9.39 Å². The summed E-state index contributed by atoms with van der Waals surface area (Å²) in [7, 11) is 1.68. The van der Waals surface area contributed by atoms with E-state index in [0.717, 1.165) is 0 Å². The minimum atomic E-state index is -0.326. The van der Waals surface area contributed by atoms with Crippen molar-refractivity contribution in [2.45, 2.75) is 6.92 Å². The van der Waals surface area contributed by atoms with Gasteiger partial charge in [-0.25, -0.2) is 9.18 Å². The largest absolute Gasteiger partial charge is 0.328 e. The van der Waals surface area contributed by atoms with Crippen LogP contribution in [-0.2, 0) is 0 Å². The molecule has 82 valence electrons. The quantitative estimate of drug-likeness (QED) is 0.835. The molecule has 0 saturated heterocycles. The number of anilines is 1. The van der Waals surface area contributed by atoms with Gasteiger partial charge in [-0.05, 0) is 41.6 Å². The fraction of sp³-hybridized carbons (Fsp3) is 0.300. The van der Waals surface area contributed by atoms with Gasteiger partial charge in [0, 0.05) is 13.6 Å². The third-order valence-corrected chi connectivity index (χ3v) is 3.11. The second-order valence-corrected chi connectivity index (χ2v) is 4.12. The van der Waals surface area contributed by atoms with Gasteiger partial charge in [0.05, 0.1) is 9.26 Å². The van der Waals surface area contributed by atoms with Crippen LogP contribution in [-0.4, -0.2) is 24.5 Å². The molecule has 0 saturated carbocycles. The Morgan fingerprint density at radius 1 is 1.60 bits per heavy atom. The molecular weight excluding hydrogens is 310 g/mol. The van der Waals surface area contributed by atoms with Crippen molar-refractivity contribution < 1.29 is 9.18 Å². The average Bonchev–Trinajstić information content (AvgIpc) is 2.23. The first-order chi connectivity index (χ1) is 7.06. The number of hydrogen-bond acceptors (Lipinski definition) is 1. The van der Waals surface area contributed by atoms with Gasteiger partial charge >= 0.3 is 6.03 Å². The van der Waals surface area contributed by atoms with Gasteiger partial charge in [0.1, 0.15) is 5.82 Å². The fourth-order valence-electron chi connectivity index (χ4n) is 0.955. The smallest absolute Gasteiger partial charge is 0.321 e. The first-order valence-corrected chi connectivity index (χ1v) is 5.60. The van der Waals surface area contributed by atoms with Crippen molar-refractivity contribution in [2.24, 2.45) is 0 Å². The van der Waals surface area contributed by atoms with Gasteiger partial charge in [-0.3, -0.25) is 0 Å². The van der Waals surface area contributed by atoms with Crippen molar-refractivity contribution in [1.82, 2.24) is 4.90 Å². The maximum Gasteiger partial charge on any atom is 0.321 e. The highest BCUT2D eigenvalue weighted by Gasteiger charge is 2.10. The van der Waals surface area contributed by atoms with Crippen molar-refractivity contribution in [3.8, 4) is 0 Å². The van der Waals surface area contributed by atoms with Crippen LogP contribution in [0.4, 0.5) is 14.9 Å². The number of hydrogen-bond donors (Lipinski definition) is 1. The summed E-state index contributed by atoms with van der Waals surface area (Å²) in [5.41, 5.74) is 0.501. The lowest BCUT2D eigenvalue weighted by atomic mass is 10.3. The van der Waals surface area contributed by atoms with Crippen molar-refractivity contribution in [3.05, 3.63) is 27.6 Å². The molecule has 0 fully saturated rings. The molecule has 0 bridgehead atoms. The van der Waals surface area contributed by atoms with E-state index in [2.05, 4.69) is 5.32 Å². The van der Waals surface area contributed by atoms with Crippen LogP contribution in [0.3, 0.4) is 0 Å². The van der Waals surface area contributed by atoms with Crippen molar-refractivity contribution in [2.75, 3.05) is 18.9 Å². The van der Waals surface area contributed by atoms with E-state index in [0.29, 0.717) is 15.8 Å². The monoisotopic (exact) mass is 322 g/mol. The van der Waals surface area contributed by atoms with Crippen LogP contribution in [0.25, 0.3) is 0 Å². The summed E-state index contributed by atoms with van der Waals surface area (Å²) in [6.07, 6.45) is 0. The second kappa shape index (κ2) is 5.29. The minimum Gasteiger partial charge on any atom is -0.328 e. The zero-order chi connectivity index (χ0) is 11.4.